The van der Waals surface area contributed by atoms with E-state index in [2.05, 4.69) is 15.4 Å². The van der Waals surface area contributed by atoms with E-state index in [1.807, 2.05) is 6.20 Å². The van der Waals surface area contributed by atoms with Crippen LogP contribution in [-0.4, -0.2) is 15.1 Å². The predicted molar refractivity (Wildman–Crippen MR) is 83.2 cm³/mol. The number of anilines is 1. The number of aliphatic imine (C=N–C) groups is 1. The van der Waals surface area contributed by atoms with Gasteiger partial charge < -0.3 is 5.32 Å². The molecule has 1 N–H and O–H groups in total. The Morgan fingerprint density at radius 1 is 1.27 bits per heavy atom. The van der Waals surface area contributed by atoms with Gasteiger partial charge in [-0.05, 0) is 48.7 Å². The first kappa shape index (κ1) is 15.0. The maximum Gasteiger partial charge on any atom is 0.270 e. The van der Waals surface area contributed by atoms with Gasteiger partial charge in [0.25, 0.3) is 5.92 Å². The van der Waals surface area contributed by atoms with Crippen LogP contribution in [0.3, 0.4) is 0 Å². The van der Waals surface area contributed by atoms with E-state index in [0.717, 1.165) is 29.3 Å². The SMILES string of the molecule is Cc1cc(C(C)(F)F)cc(C)c1-n1cc2c(n1)NC(Cl)=NC2. The fraction of sp³-hybridized carbons (Fsp3) is 0.333. The highest BCUT2D eigenvalue weighted by atomic mass is 35.5. The van der Waals surface area contributed by atoms with Crippen molar-refractivity contribution in [1.82, 2.24) is 9.78 Å². The zero-order chi connectivity index (χ0) is 16.1. The molecule has 3 rings (SSSR count). The van der Waals surface area contributed by atoms with Crippen molar-refractivity contribution in [3.63, 3.8) is 0 Å². The predicted octanol–water partition coefficient (Wildman–Crippen LogP) is 4.12. The third-order valence-corrected chi connectivity index (χ3v) is 3.84. The molecule has 2 aromatic rings. The van der Waals surface area contributed by atoms with Gasteiger partial charge >= 0.3 is 0 Å². The summed E-state index contributed by atoms with van der Waals surface area (Å²) in [6.45, 7) is 4.95. The summed E-state index contributed by atoms with van der Waals surface area (Å²) >= 11 is 5.84. The summed E-state index contributed by atoms with van der Waals surface area (Å²) in [7, 11) is 0. The van der Waals surface area contributed by atoms with Gasteiger partial charge in [-0.3, -0.25) is 4.99 Å². The lowest BCUT2D eigenvalue weighted by molar-refractivity contribution is 0.0173. The van der Waals surface area contributed by atoms with Crippen molar-refractivity contribution < 1.29 is 8.78 Å². The Morgan fingerprint density at radius 2 is 1.91 bits per heavy atom. The molecule has 0 radical (unpaired) electrons. The number of fused-ring (bicyclic) bond motifs is 1. The quantitative estimate of drug-likeness (QED) is 0.844. The van der Waals surface area contributed by atoms with Crippen LogP contribution in [0.15, 0.2) is 23.3 Å². The number of hydrogen-bond donors (Lipinski definition) is 1. The van der Waals surface area contributed by atoms with Crippen molar-refractivity contribution in [2.75, 3.05) is 5.32 Å². The molecule has 0 amide bonds. The van der Waals surface area contributed by atoms with Crippen LogP contribution >= 0.6 is 11.6 Å². The van der Waals surface area contributed by atoms with Gasteiger partial charge in [0.05, 0.1) is 12.2 Å². The Balaban J connectivity index is 2.07. The minimum atomic E-state index is -2.86. The van der Waals surface area contributed by atoms with Crippen LogP contribution < -0.4 is 5.32 Å². The number of benzene rings is 1. The van der Waals surface area contributed by atoms with Crippen molar-refractivity contribution in [1.29, 1.82) is 0 Å². The van der Waals surface area contributed by atoms with Gasteiger partial charge in [0.15, 0.2) is 11.1 Å². The minimum Gasteiger partial charge on any atom is -0.314 e. The monoisotopic (exact) mass is 324 g/mol. The van der Waals surface area contributed by atoms with Gasteiger partial charge in [-0.1, -0.05) is 0 Å². The van der Waals surface area contributed by atoms with Crippen molar-refractivity contribution >= 4 is 22.7 Å². The maximum atomic E-state index is 13.5. The maximum absolute atomic E-state index is 13.5. The van der Waals surface area contributed by atoms with Crippen LogP contribution in [0.4, 0.5) is 14.6 Å². The number of alkyl halides is 2. The van der Waals surface area contributed by atoms with Crippen molar-refractivity contribution in [2.24, 2.45) is 4.99 Å². The normalized spacial score (nSPS) is 14.4. The highest BCUT2D eigenvalue weighted by Crippen LogP contribution is 2.32. The van der Waals surface area contributed by atoms with E-state index in [0.29, 0.717) is 17.7 Å². The Hall–Kier alpha value is -1.95. The van der Waals surface area contributed by atoms with E-state index in [4.69, 9.17) is 11.6 Å². The lowest BCUT2D eigenvalue weighted by Crippen LogP contribution is -2.12. The molecule has 116 valence electrons. The molecule has 1 aliphatic heterocycles. The molecule has 22 heavy (non-hydrogen) atoms. The molecular weight excluding hydrogens is 310 g/mol. The summed E-state index contributed by atoms with van der Waals surface area (Å²) in [5.74, 6) is -2.22. The zero-order valence-electron chi connectivity index (χ0n) is 12.4. The first-order valence-corrected chi connectivity index (χ1v) is 7.19. The van der Waals surface area contributed by atoms with Crippen LogP contribution in [0.1, 0.15) is 29.2 Å². The lowest BCUT2D eigenvalue weighted by Gasteiger charge is -2.16. The second-order valence-corrected chi connectivity index (χ2v) is 5.88. The highest BCUT2D eigenvalue weighted by Gasteiger charge is 2.26. The third kappa shape index (κ3) is 2.59. The number of halogens is 3. The van der Waals surface area contributed by atoms with Gasteiger partial charge in [0.2, 0.25) is 0 Å². The Labute approximate surface area is 131 Å². The van der Waals surface area contributed by atoms with Crippen LogP contribution in [0.5, 0.6) is 0 Å². The van der Waals surface area contributed by atoms with Gasteiger partial charge in [0.1, 0.15) is 0 Å². The topological polar surface area (TPSA) is 42.2 Å². The number of aryl methyl sites for hydroxylation is 2. The smallest absolute Gasteiger partial charge is 0.270 e. The largest absolute Gasteiger partial charge is 0.314 e. The first-order valence-electron chi connectivity index (χ1n) is 6.81. The molecular formula is C15H15ClF2N4. The number of hydrogen-bond acceptors (Lipinski definition) is 3. The highest BCUT2D eigenvalue weighted by molar-refractivity contribution is 6.67. The molecule has 0 fully saturated rings. The Morgan fingerprint density at radius 3 is 2.50 bits per heavy atom. The molecule has 4 nitrogen and oxygen atoms in total. The fourth-order valence-corrected chi connectivity index (χ4v) is 2.76. The molecule has 0 atom stereocenters. The van der Waals surface area contributed by atoms with Crippen molar-refractivity contribution in [3.05, 3.63) is 40.6 Å². The van der Waals surface area contributed by atoms with Crippen LogP contribution in [-0.2, 0) is 12.5 Å². The molecule has 0 unspecified atom stereocenters. The summed E-state index contributed by atoms with van der Waals surface area (Å²) in [5.41, 5.74) is 3.19. The standard InChI is InChI=1S/C15H15ClF2N4/c1-8-4-11(15(3,17)18)5-9(2)12(8)22-7-10-6-19-14(16)20-13(10)21-22/h4-5,7H,6H2,1-3H3,(H,19,20,21). The molecule has 1 aromatic heterocycles. The van der Waals surface area contributed by atoms with E-state index < -0.39 is 5.92 Å². The molecule has 0 saturated carbocycles. The second kappa shape index (κ2) is 5.05. The second-order valence-electron chi connectivity index (χ2n) is 5.53. The van der Waals surface area contributed by atoms with Crippen molar-refractivity contribution in [3.8, 4) is 5.69 Å². The number of nitrogens with zero attached hydrogens (tertiary/aromatic N) is 3. The Bertz CT molecular complexity index is 751. The number of nitrogens with one attached hydrogen (secondary N) is 1. The minimum absolute atomic E-state index is 0.00710. The average molecular weight is 325 g/mol. The molecule has 2 heterocycles. The molecule has 0 bridgehead atoms. The van der Waals surface area contributed by atoms with Crippen molar-refractivity contribution in [2.45, 2.75) is 33.2 Å². The fourth-order valence-electron chi connectivity index (χ4n) is 2.61. The van der Waals surface area contributed by atoms with E-state index in [1.54, 1.807) is 18.5 Å². The van der Waals surface area contributed by atoms with Crippen LogP contribution in [0, 0.1) is 13.8 Å². The molecule has 1 aliphatic rings. The lowest BCUT2D eigenvalue weighted by atomic mass is 10.0. The van der Waals surface area contributed by atoms with E-state index in [1.165, 1.54) is 12.1 Å². The summed E-state index contributed by atoms with van der Waals surface area (Å²) < 4.78 is 28.7. The van der Waals surface area contributed by atoms with Crippen LogP contribution in [0.2, 0.25) is 0 Å². The molecule has 7 heteroatoms. The molecule has 0 spiro atoms. The summed E-state index contributed by atoms with van der Waals surface area (Å²) in [4.78, 5) is 4.09. The number of aromatic nitrogens is 2. The third-order valence-electron chi connectivity index (χ3n) is 3.63. The van der Waals surface area contributed by atoms with Gasteiger partial charge in [-0.2, -0.15) is 0 Å². The first-order chi connectivity index (χ1) is 10.3. The van der Waals surface area contributed by atoms with Gasteiger partial charge in [-0.15, -0.1) is 5.10 Å². The van der Waals surface area contributed by atoms with E-state index in [-0.39, 0.29) is 5.56 Å². The molecule has 0 saturated heterocycles. The molecule has 1 aromatic carbocycles. The van der Waals surface area contributed by atoms with E-state index >= 15 is 0 Å². The zero-order valence-corrected chi connectivity index (χ0v) is 13.2. The average Bonchev–Trinajstić information content (AvgIpc) is 2.79. The summed E-state index contributed by atoms with van der Waals surface area (Å²) in [6.07, 6.45) is 1.84. The molecule has 0 aliphatic carbocycles. The number of amidine groups is 1. The van der Waals surface area contributed by atoms with E-state index in [9.17, 15) is 8.78 Å². The Kier molecular flexibility index (Phi) is 3.44. The summed E-state index contributed by atoms with van der Waals surface area (Å²) in [5, 5.41) is 7.62. The van der Waals surface area contributed by atoms with Gasteiger partial charge in [-0.25, -0.2) is 13.5 Å². The number of rotatable bonds is 2. The summed E-state index contributed by atoms with van der Waals surface area (Å²) in [6, 6.07) is 3.00. The van der Waals surface area contributed by atoms with Gasteiger partial charge in [0, 0.05) is 24.2 Å². The van der Waals surface area contributed by atoms with Crippen LogP contribution in [0.25, 0.3) is 5.69 Å².